The third kappa shape index (κ3) is 4.17. The molecule has 0 fully saturated rings. The van der Waals surface area contributed by atoms with Crippen LogP contribution in [-0.4, -0.2) is 38.1 Å². The summed E-state index contributed by atoms with van der Waals surface area (Å²) in [5, 5.41) is 10.3. The van der Waals surface area contributed by atoms with E-state index in [1.165, 1.54) is 6.33 Å². The molecule has 8 nitrogen and oxygen atoms in total. The predicted molar refractivity (Wildman–Crippen MR) is 114 cm³/mol. The zero-order valence-corrected chi connectivity index (χ0v) is 16.6. The number of fused-ring (bicyclic) bond motifs is 1. The molecule has 2 amide bonds. The van der Waals surface area contributed by atoms with E-state index in [9.17, 15) is 9.59 Å². The average molecular weight is 400 g/mol. The smallest absolute Gasteiger partial charge is 0.252 e. The third-order valence-corrected chi connectivity index (χ3v) is 4.58. The van der Waals surface area contributed by atoms with Gasteiger partial charge in [0.1, 0.15) is 12.7 Å². The second-order valence-corrected chi connectivity index (χ2v) is 6.95. The fourth-order valence-electron chi connectivity index (χ4n) is 3.16. The molecule has 0 aliphatic rings. The Morgan fingerprint density at radius 1 is 1.03 bits per heavy atom. The van der Waals surface area contributed by atoms with Crippen LogP contribution >= 0.6 is 0 Å². The molecule has 150 valence electrons. The van der Waals surface area contributed by atoms with E-state index < -0.39 is 0 Å². The maximum Gasteiger partial charge on any atom is 0.252 e. The molecule has 0 saturated carbocycles. The highest BCUT2D eigenvalue weighted by molar-refractivity contribution is 6.07. The third-order valence-electron chi connectivity index (χ3n) is 4.58. The van der Waals surface area contributed by atoms with Crippen molar-refractivity contribution in [2.24, 2.45) is 0 Å². The lowest BCUT2D eigenvalue weighted by atomic mass is 10.0. The first-order valence-corrected chi connectivity index (χ1v) is 9.41. The van der Waals surface area contributed by atoms with E-state index in [0.29, 0.717) is 11.3 Å². The van der Waals surface area contributed by atoms with Crippen LogP contribution in [0.2, 0.25) is 0 Å². The number of hydrogen-bond donors (Lipinski definition) is 2. The molecule has 0 bridgehead atoms. The van der Waals surface area contributed by atoms with Gasteiger partial charge >= 0.3 is 0 Å². The molecular formula is C22H20N6O2. The van der Waals surface area contributed by atoms with Gasteiger partial charge in [-0.2, -0.15) is 5.10 Å². The Labute approximate surface area is 173 Å². The molecule has 0 spiro atoms. The molecule has 0 atom stereocenters. The summed E-state index contributed by atoms with van der Waals surface area (Å²) in [5.41, 5.74) is 4.49. The Morgan fingerprint density at radius 2 is 1.83 bits per heavy atom. The van der Waals surface area contributed by atoms with Gasteiger partial charge in [0, 0.05) is 16.8 Å². The SMILES string of the molecule is Cc1ccc2nc(C)cc(C(=O)NCC(=O)Nc3ccc(-n4cncn4)cc3)c2c1. The maximum atomic E-state index is 12.7. The van der Waals surface area contributed by atoms with E-state index in [0.717, 1.165) is 27.8 Å². The van der Waals surface area contributed by atoms with E-state index in [4.69, 9.17) is 0 Å². The molecule has 2 aromatic carbocycles. The van der Waals surface area contributed by atoms with Gasteiger partial charge in [-0.25, -0.2) is 9.67 Å². The maximum absolute atomic E-state index is 12.7. The van der Waals surface area contributed by atoms with E-state index in [2.05, 4.69) is 25.7 Å². The van der Waals surface area contributed by atoms with Crippen molar-refractivity contribution in [1.29, 1.82) is 0 Å². The number of hydrogen-bond acceptors (Lipinski definition) is 5. The van der Waals surface area contributed by atoms with Crippen molar-refractivity contribution in [3.63, 3.8) is 0 Å². The number of anilines is 1. The first-order valence-electron chi connectivity index (χ1n) is 9.41. The number of pyridine rings is 1. The molecule has 4 aromatic rings. The summed E-state index contributed by atoms with van der Waals surface area (Å²) in [6.45, 7) is 3.66. The second-order valence-electron chi connectivity index (χ2n) is 6.95. The lowest BCUT2D eigenvalue weighted by Crippen LogP contribution is -2.33. The van der Waals surface area contributed by atoms with Crippen LogP contribution < -0.4 is 10.6 Å². The number of benzene rings is 2. The first kappa shape index (κ1) is 19.3. The molecule has 2 heterocycles. The van der Waals surface area contributed by atoms with Crippen molar-refractivity contribution in [1.82, 2.24) is 25.1 Å². The summed E-state index contributed by atoms with van der Waals surface area (Å²) in [4.78, 5) is 33.4. The van der Waals surface area contributed by atoms with Crippen molar-refractivity contribution in [2.45, 2.75) is 13.8 Å². The summed E-state index contributed by atoms with van der Waals surface area (Å²) in [6, 6.07) is 14.7. The Kier molecular flexibility index (Phi) is 5.21. The van der Waals surface area contributed by atoms with Crippen LogP contribution in [0.1, 0.15) is 21.6 Å². The van der Waals surface area contributed by atoms with Gasteiger partial charge in [0.15, 0.2) is 0 Å². The van der Waals surface area contributed by atoms with Crippen LogP contribution in [0.15, 0.2) is 61.2 Å². The number of amides is 2. The molecule has 30 heavy (non-hydrogen) atoms. The summed E-state index contributed by atoms with van der Waals surface area (Å²) in [6.07, 6.45) is 3.04. The molecule has 0 aliphatic carbocycles. The molecule has 0 unspecified atom stereocenters. The Bertz CT molecular complexity index is 1220. The second kappa shape index (κ2) is 8.12. The van der Waals surface area contributed by atoms with Crippen molar-refractivity contribution < 1.29 is 9.59 Å². The molecule has 0 aliphatic heterocycles. The van der Waals surface area contributed by atoms with Gasteiger partial charge in [0.05, 0.1) is 23.3 Å². The fraction of sp³-hybridized carbons (Fsp3) is 0.136. The van der Waals surface area contributed by atoms with Crippen molar-refractivity contribution in [3.8, 4) is 5.69 Å². The van der Waals surface area contributed by atoms with Crippen molar-refractivity contribution in [2.75, 3.05) is 11.9 Å². The van der Waals surface area contributed by atoms with Crippen LogP contribution in [0.3, 0.4) is 0 Å². The highest BCUT2D eigenvalue weighted by atomic mass is 16.2. The van der Waals surface area contributed by atoms with E-state index >= 15 is 0 Å². The molecule has 2 N–H and O–H groups in total. The van der Waals surface area contributed by atoms with Crippen LogP contribution in [0, 0.1) is 13.8 Å². The number of rotatable bonds is 5. The zero-order valence-electron chi connectivity index (χ0n) is 16.6. The van der Waals surface area contributed by atoms with E-state index in [1.807, 2.05) is 44.2 Å². The quantitative estimate of drug-likeness (QED) is 0.536. The highest BCUT2D eigenvalue weighted by Crippen LogP contribution is 2.20. The number of carbonyl (C=O) groups excluding carboxylic acids is 2. The number of nitrogens with zero attached hydrogens (tertiary/aromatic N) is 4. The molecule has 2 aromatic heterocycles. The fourth-order valence-corrected chi connectivity index (χ4v) is 3.16. The largest absolute Gasteiger partial charge is 0.343 e. The van der Waals surface area contributed by atoms with Crippen LogP contribution in [0.5, 0.6) is 0 Å². The standard InChI is InChI=1S/C22H20N6O2/c1-14-3-8-20-18(9-14)19(10-15(2)26-20)22(30)24-11-21(29)27-16-4-6-17(7-5-16)28-13-23-12-25-28/h3-10,12-13H,11H2,1-2H3,(H,24,30)(H,27,29). The lowest BCUT2D eigenvalue weighted by molar-refractivity contribution is -0.115. The monoisotopic (exact) mass is 400 g/mol. The van der Waals surface area contributed by atoms with Gasteiger partial charge < -0.3 is 10.6 Å². The summed E-state index contributed by atoms with van der Waals surface area (Å²) < 4.78 is 1.62. The van der Waals surface area contributed by atoms with Gasteiger partial charge in [0.2, 0.25) is 5.91 Å². The van der Waals surface area contributed by atoms with Gasteiger partial charge in [-0.1, -0.05) is 11.6 Å². The Hall–Kier alpha value is -4.07. The number of nitrogens with one attached hydrogen (secondary N) is 2. The van der Waals surface area contributed by atoms with E-state index in [-0.39, 0.29) is 18.4 Å². The van der Waals surface area contributed by atoms with Gasteiger partial charge in [-0.15, -0.1) is 0 Å². The molecular weight excluding hydrogens is 380 g/mol. The minimum Gasteiger partial charge on any atom is -0.343 e. The summed E-state index contributed by atoms with van der Waals surface area (Å²) >= 11 is 0. The van der Waals surface area contributed by atoms with Gasteiger partial charge in [0.25, 0.3) is 5.91 Å². The first-order chi connectivity index (χ1) is 14.5. The summed E-state index contributed by atoms with van der Waals surface area (Å²) in [5.74, 6) is -0.629. The highest BCUT2D eigenvalue weighted by Gasteiger charge is 2.13. The Morgan fingerprint density at radius 3 is 2.57 bits per heavy atom. The van der Waals surface area contributed by atoms with Crippen molar-refractivity contribution in [3.05, 3.63) is 78.0 Å². The minimum absolute atomic E-state index is 0.141. The Balaban J connectivity index is 1.41. The van der Waals surface area contributed by atoms with Crippen LogP contribution in [0.25, 0.3) is 16.6 Å². The predicted octanol–water partition coefficient (Wildman–Crippen LogP) is 2.80. The molecule has 8 heteroatoms. The molecule has 0 saturated heterocycles. The number of aryl methyl sites for hydroxylation is 2. The number of carbonyl (C=O) groups is 2. The van der Waals surface area contributed by atoms with Gasteiger partial charge in [-0.05, 0) is 56.3 Å². The van der Waals surface area contributed by atoms with E-state index in [1.54, 1.807) is 29.2 Å². The normalized spacial score (nSPS) is 10.7. The van der Waals surface area contributed by atoms with Gasteiger partial charge in [-0.3, -0.25) is 14.6 Å². The van der Waals surface area contributed by atoms with Crippen LogP contribution in [-0.2, 0) is 4.79 Å². The zero-order chi connectivity index (χ0) is 21.1. The molecule has 0 radical (unpaired) electrons. The summed E-state index contributed by atoms with van der Waals surface area (Å²) in [7, 11) is 0. The minimum atomic E-state index is -0.317. The number of aromatic nitrogens is 4. The average Bonchev–Trinajstić information content (AvgIpc) is 3.27. The molecule has 4 rings (SSSR count). The van der Waals surface area contributed by atoms with Crippen LogP contribution in [0.4, 0.5) is 5.69 Å². The van der Waals surface area contributed by atoms with Crippen molar-refractivity contribution >= 4 is 28.4 Å². The lowest BCUT2D eigenvalue weighted by Gasteiger charge is -2.10. The topological polar surface area (TPSA) is 102 Å².